The SMILES string of the molecule is C#CCOS(=O)(=O)CCCCCS(=O)(=O)c1ccc(F)cc1. The van der Waals surface area contributed by atoms with Crippen LogP contribution >= 0.6 is 0 Å². The van der Waals surface area contributed by atoms with E-state index >= 15 is 0 Å². The van der Waals surface area contributed by atoms with E-state index in [0.717, 1.165) is 12.1 Å². The minimum atomic E-state index is -3.65. The molecule has 0 aliphatic heterocycles. The molecular weight excluding hydrogens is 331 g/mol. The van der Waals surface area contributed by atoms with Gasteiger partial charge in [-0.05, 0) is 37.1 Å². The van der Waals surface area contributed by atoms with Gasteiger partial charge in [0, 0.05) is 0 Å². The van der Waals surface area contributed by atoms with Crippen LogP contribution in [0.25, 0.3) is 0 Å². The molecule has 0 heterocycles. The Balaban J connectivity index is 2.38. The lowest BCUT2D eigenvalue weighted by Crippen LogP contribution is -2.11. The number of sulfone groups is 1. The molecule has 0 aliphatic carbocycles. The minimum Gasteiger partial charge on any atom is -0.257 e. The molecule has 0 amide bonds. The topological polar surface area (TPSA) is 77.5 Å². The highest BCUT2D eigenvalue weighted by Crippen LogP contribution is 2.14. The molecule has 1 aromatic carbocycles. The Labute approximate surface area is 130 Å². The largest absolute Gasteiger partial charge is 0.268 e. The average molecular weight is 348 g/mol. The second kappa shape index (κ2) is 8.27. The molecule has 0 radical (unpaired) electrons. The molecule has 122 valence electrons. The average Bonchev–Trinajstić information content (AvgIpc) is 2.45. The standard InChI is InChI=1S/C14H17FO5S2/c1-2-10-20-22(18,19)12-5-3-4-11-21(16,17)14-8-6-13(15)7-9-14/h1,6-9H,3-5,10-12H2. The Kier molecular flexibility index (Phi) is 7.00. The zero-order valence-electron chi connectivity index (χ0n) is 11.9. The van der Waals surface area contributed by atoms with Crippen LogP contribution in [0, 0.1) is 18.2 Å². The zero-order chi connectivity index (χ0) is 16.6. The first-order chi connectivity index (χ1) is 10.3. The van der Waals surface area contributed by atoms with Gasteiger partial charge in [0.15, 0.2) is 9.84 Å². The van der Waals surface area contributed by atoms with Crippen molar-refractivity contribution in [3.8, 4) is 12.3 Å². The van der Waals surface area contributed by atoms with E-state index in [4.69, 9.17) is 6.42 Å². The monoisotopic (exact) mass is 348 g/mol. The van der Waals surface area contributed by atoms with Crippen LogP contribution in [0.4, 0.5) is 4.39 Å². The van der Waals surface area contributed by atoms with E-state index in [0.29, 0.717) is 12.8 Å². The van der Waals surface area contributed by atoms with Crippen LogP contribution in [-0.4, -0.2) is 34.9 Å². The Hall–Kier alpha value is -1.43. The first-order valence-corrected chi connectivity index (χ1v) is 9.79. The van der Waals surface area contributed by atoms with Gasteiger partial charge in [0.2, 0.25) is 0 Å². The summed E-state index contributed by atoms with van der Waals surface area (Å²) < 4.78 is 63.8. The lowest BCUT2D eigenvalue weighted by atomic mass is 10.3. The molecule has 0 spiro atoms. The molecule has 0 aliphatic rings. The van der Waals surface area contributed by atoms with Crippen molar-refractivity contribution < 1.29 is 25.4 Å². The van der Waals surface area contributed by atoms with Crippen molar-refractivity contribution in [3.63, 3.8) is 0 Å². The van der Waals surface area contributed by atoms with Gasteiger partial charge in [-0.2, -0.15) is 8.42 Å². The van der Waals surface area contributed by atoms with Crippen LogP contribution in [-0.2, 0) is 24.1 Å². The molecule has 0 aromatic heterocycles. The van der Waals surface area contributed by atoms with Gasteiger partial charge in [0.1, 0.15) is 12.4 Å². The van der Waals surface area contributed by atoms with E-state index < -0.39 is 25.8 Å². The number of halogens is 1. The molecule has 1 rings (SSSR count). The van der Waals surface area contributed by atoms with E-state index in [1.807, 2.05) is 0 Å². The molecule has 5 nitrogen and oxygen atoms in total. The maximum atomic E-state index is 12.8. The van der Waals surface area contributed by atoms with Gasteiger partial charge in [-0.25, -0.2) is 12.8 Å². The number of unbranched alkanes of at least 4 members (excludes halogenated alkanes) is 2. The minimum absolute atomic E-state index is 0.0545. The van der Waals surface area contributed by atoms with Gasteiger partial charge in [-0.3, -0.25) is 4.18 Å². The van der Waals surface area contributed by atoms with E-state index in [9.17, 15) is 21.2 Å². The van der Waals surface area contributed by atoms with Crippen molar-refractivity contribution in [1.29, 1.82) is 0 Å². The number of benzene rings is 1. The molecule has 0 saturated carbocycles. The van der Waals surface area contributed by atoms with Crippen LogP contribution in [0.3, 0.4) is 0 Å². The normalized spacial score (nSPS) is 12.0. The summed E-state index contributed by atoms with van der Waals surface area (Å²) >= 11 is 0. The summed E-state index contributed by atoms with van der Waals surface area (Å²) in [6.45, 7) is -0.304. The Bertz CT molecular complexity index is 715. The first-order valence-electron chi connectivity index (χ1n) is 6.56. The highest BCUT2D eigenvalue weighted by Gasteiger charge is 2.15. The summed E-state index contributed by atoms with van der Waals surface area (Å²) in [6.07, 6.45) is 5.90. The van der Waals surface area contributed by atoms with Crippen LogP contribution in [0.15, 0.2) is 29.2 Å². The first kappa shape index (κ1) is 18.6. The van der Waals surface area contributed by atoms with E-state index in [-0.39, 0.29) is 29.4 Å². The lowest BCUT2D eigenvalue weighted by molar-refractivity contribution is 0.362. The fourth-order valence-corrected chi connectivity index (χ4v) is 3.98. The molecular formula is C14H17FO5S2. The zero-order valence-corrected chi connectivity index (χ0v) is 13.5. The van der Waals surface area contributed by atoms with Gasteiger partial charge in [-0.15, -0.1) is 6.42 Å². The molecule has 0 bridgehead atoms. The molecule has 0 unspecified atom stereocenters. The van der Waals surface area contributed by atoms with Crippen molar-refractivity contribution in [2.45, 2.75) is 24.2 Å². The van der Waals surface area contributed by atoms with Crippen LogP contribution in [0.1, 0.15) is 19.3 Å². The fraction of sp³-hybridized carbons (Fsp3) is 0.429. The lowest BCUT2D eigenvalue weighted by Gasteiger charge is -2.05. The van der Waals surface area contributed by atoms with Gasteiger partial charge < -0.3 is 0 Å². The third-order valence-electron chi connectivity index (χ3n) is 2.80. The molecule has 1 aromatic rings. The molecule has 0 fully saturated rings. The molecule has 0 saturated heterocycles. The Morgan fingerprint density at radius 3 is 2.18 bits per heavy atom. The van der Waals surface area contributed by atoms with Gasteiger partial charge in [-0.1, -0.05) is 12.3 Å². The third kappa shape index (κ3) is 6.56. The maximum Gasteiger partial charge on any atom is 0.268 e. The van der Waals surface area contributed by atoms with E-state index in [1.54, 1.807) is 0 Å². The molecule has 22 heavy (non-hydrogen) atoms. The predicted molar refractivity (Wildman–Crippen MR) is 80.9 cm³/mol. The van der Waals surface area contributed by atoms with Gasteiger partial charge in [0.25, 0.3) is 10.1 Å². The predicted octanol–water partition coefficient (Wildman–Crippen LogP) is 1.75. The van der Waals surface area contributed by atoms with E-state index in [2.05, 4.69) is 10.1 Å². The van der Waals surface area contributed by atoms with Crippen LogP contribution in [0.2, 0.25) is 0 Å². The maximum absolute atomic E-state index is 12.8. The van der Waals surface area contributed by atoms with Crippen molar-refractivity contribution >= 4 is 20.0 Å². The number of hydrogen-bond acceptors (Lipinski definition) is 5. The summed E-state index contributed by atoms with van der Waals surface area (Å²) in [4.78, 5) is 0.0545. The second-order valence-corrected chi connectivity index (χ2v) is 8.43. The molecule has 0 atom stereocenters. The number of rotatable bonds is 9. The summed E-state index contributed by atoms with van der Waals surface area (Å²) in [5.41, 5.74) is 0. The number of hydrogen-bond donors (Lipinski definition) is 0. The van der Waals surface area contributed by atoms with Gasteiger partial charge in [0.05, 0.1) is 16.4 Å². The fourth-order valence-electron chi connectivity index (χ4n) is 1.69. The van der Waals surface area contributed by atoms with E-state index in [1.165, 1.54) is 12.1 Å². The van der Waals surface area contributed by atoms with Crippen molar-refractivity contribution in [2.75, 3.05) is 18.1 Å². The summed E-state index contributed by atoms with van der Waals surface area (Å²) in [7, 11) is -7.13. The van der Waals surface area contributed by atoms with Crippen molar-refractivity contribution in [2.24, 2.45) is 0 Å². The third-order valence-corrected chi connectivity index (χ3v) is 5.88. The Morgan fingerprint density at radius 2 is 1.59 bits per heavy atom. The molecule has 0 N–H and O–H groups in total. The van der Waals surface area contributed by atoms with Crippen molar-refractivity contribution in [3.05, 3.63) is 30.1 Å². The second-order valence-electron chi connectivity index (χ2n) is 4.56. The van der Waals surface area contributed by atoms with Crippen molar-refractivity contribution in [1.82, 2.24) is 0 Å². The summed E-state index contributed by atoms with van der Waals surface area (Å²) in [5.74, 6) is 1.23. The van der Waals surface area contributed by atoms with Crippen LogP contribution in [0.5, 0.6) is 0 Å². The van der Waals surface area contributed by atoms with Crippen LogP contribution < -0.4 is 0 Å². The smallest absolute Gasteiger partial charge is 0.257 e. The highest BCUT2D eigenvalue weighted by molar-refractivity contribution is 7.91. The summed E-state index contributed by atoms with van der Waals surface area (Å²) in [5, 5.41) is 0. The van der Waals surface area contributed by atoms with Gasteiger partial charge >= 0.3 is 0 Å². The molecule has 8 heteroatoms. The highest BCUT2D eigenvalue weighted by atomic mass is 32.2. The number of terminal acetylenes is 1. The Morgan fingerprint density at radius 1 is 1.00 bits per heavy atom. The quantitative estimate of drug-likeness (QED) is 0.294. The summed E-state index contributed by atoms with van der Waals surface area (Å²) in [6, 6.07) is 4.59.